The fraction of sp³-hybridized carbons (Fsp3) is 0.647. The number of rotatable bonds is 5. The summed E-state index contributed by atoms with van der Waals surface area (Å²) in [7, 11) is 0. The first-order chi connectivity index (χ1) is 9.86. The van der Waals surface area contributed by atoms with Crippen LogP contribution in [-0.2, 0) is 0 Å². The zero-order valence-corrected chi connectivity index (χ0v) is 11.9. The average Bonchev–Trinajstić information content (AvgIpc) is 3.38. The lowest BCUT2D eigenvalue weighted by Gasteiger charge is -2.18. The Balaban J connectivity index is 1.52. The Morgan fingerprint density at radius 1 is 1.10 bits per heavy atom. The van der Waals surface area contributed by atoms with Crippen LogP contribution in [0.4, 0.5) is 0 Å². The summed E-state index contributed by atoms with van der Waals surface area (Å²) in [5, 5.41) is 0. The van der Waals surface area contributed by atoms with Crippen LogP contribution in [-0.4, -0.2) is 6.10 Å². The van der Waals surface area contributed by atoms with E-state index in [2.05, 4.69) is 29.7 Å². The van der Waals surface area contributed by atoms with E-state index in [1.54, 1.807) is 0 Å². The number of ether oxygens (including phenoxy) is 1. The third-order valence-electron chi connectivity index (χ3n) is 5.33. The topological polar surface area (TPSA) is 47.3 Å². The molecule has 0 spiro atoms. The number of fused-ring (bicyclic) bond motifs is 1. The smallest absolute Gasteiger partial charge is 0.120 e. The number of hydrogen-bond acceptors (Lipinski definition) is 3. The second kappa shape index (κ2) is 5.05. The van der Waals surface area contributed by atoms with Crippen LogP contribution in [0.2, 0.25) is 0 Å². The monoisotopic (exact) mass is 272 g/mol. The van der Waals surface area contributed by atoms with E-state index in [4.69, 9.17) is 10.6 Å². The quantitative estimate of drug-likeness (QED) is 0.639. The van der Waals surface area contributed by atoms with Crippen molar-refractivity contribution in [2.75, 3.05) is 0 Å². The molecule has 0 amide bonds. The Labute approximate surface area is 120 Å². The predicted octanol–water partition coefficient (Wildman–Crippen LogP) is 3.17. The summed E-state index contributed by atoms with van der Waals surface area (Å²) in [5.41, 5.74) is 4.37. The van der Waals surface area contributed by atoms with Gasteiger partial charge in [0.2, 0.25) is 0 Å². The van der Waals surface area contributed by atoms with Gasteiger partial charge in [0.05, 0.1) is 6.10 Å². The molecule has 0 radical (unpaired) electrons. The van der Waals surface area contributed by atoms with Crippen LogP contribution in [0.15, 0.2) is 24.3 Å². The van der Waals surface area contributed by atoms with Crippen molar-refractivity contribution in [3.05, 3.63) is 29.8 Å². The van der Waals surface area contributed by atoms with E-state index in [9.17, 15) is 0 Å². The van der Waals surface area contributed by atoms with Crippen molar-refractivity contribution in [2.45, 2.75) is 50.7 Å². The summed E-state index contributed by atoms with van der Waals surface area (Å²) in [6, 6.07) is 8.84. The summed E-state index contributed by atoms with van der Waals surface area (Å²) in [6.45, 7) is 0. The standard InChI is InChI=1S/C17H24N2O/c18-19-17(16-14-6-1-2-7-15(14)16)11-4-3-5-13(10-11)20-12-8-9-12/h3-5,10,12,14-17,19H,1-2,6-9,18H2. The molecule has 20 heavy (non-hydrogen) atoms. The van der Waals surface area contributed by atoms with Gasteiger partial charge >= 0.3 is 0 Å². The third-order valence-corrected chi connectivity index (χ3v) is 5.33. The predicted molar refractivity (Wildman–Crippen MR) is 79.1 cm³/mol. The molecule has 3 heteroatoms. The van der Waals surface area contributed by atoms with Crippen LogP contribution in [0.5, 0.6) is 5.75 Å². The second-order valence-electron chi connectivity index (χ2n) is 6.72. The molecular formula is C17H24N2O. The molecule has 4 rings (SSSR count). The number of nitrogens with two attached hydrogens (primary N) is 1. The van der Waals surface area contributed by atoms with Gasteiger partial charge in [-0.3, -0.25) is 11.3 Å². The van der Waals surface area contributed by atoms with Gasteiger partial charge in [-0.2, -0.15) is 0 Å². The molecule has 0 saturated heterocycles. The van der Waals surface area contributed by atoms with E-state index in [1.165, 1.54) is 44.1 Å². The number of hydrazine groups is 1. The molecule has 3 aliphatic rings. The maximum atomic E-state index is 5.91. The fourth-order valence-corrected chi connectivity index (χ4v) is 4.13. The molecule has 0 bridgehead atoms. The van der Waals surface area contributed by atoms with Crippen LogP contribution in [0.3, 0.4) is 0 Å². The van der Waals surface area contributed by atoms with E-state index in [1.807, 2.05) is 0 Å². The fourth-order valence-electron chi connectivity index (χ4n) is 4.13. The minimum atomic E-state index is 0.297. The maximum Gasteiger partial charge on any atom is 0.120 e. The molecule has 3 atom stereocenters. The molecule has 3 saturated carbocycles. The summed E-state index contributed by atoms with van der Waals surface area (Å²) < 4.78 is 5.91. The Bertz CT molecular complexity index is 474. The molecule has 0 heterocycles. The summed E-state index contributed by atoms with van der Waals surface area (Å²) in [5.74, 6) is 9.42. The summed E-state index contributed by atoms with van der Waals surface area (Å²) in [6.07, 6.45) is 8.46. The molecule has 3 fully saturated rings. The SMILES string of the molecule is NNC(c1cccc(OC2CC2)c1)C1C2CCCCC21. The Morgan fingerprint density at radius 3 is 2.50 bits per heavy atom. The van der Waals surface area contributed by atoms with Crippen LogP contribution >= 0.6 is 0 Å². The molecule has 108 valence electrons. The third kappa shape index (κ3) is 2.33. The molecule has 1 aromatic rings. The van der Waals surface area contributed by atoms with Crippen LogP contribution < -0.4 is 16.0 Å². The molecule has 0 aromatic heterocycles. The molecule has 0 aliphatic heterocycles. The van der Waals surface area contributed by atoms with E-state index in [0.29, 0.717) is 12.1 Å². The Kier molecular flexibility index (Phi) is 3.20. The summed E-state index contributed by atoms with van der Waals surface area (Å²) in [4.78, 5) is 0. The van der Waals surface area contributed by atoms with Gasteiger partial charge in [0.25, 0.3) is 0 Å². The van der Waals surface area contributed by atoms with E-state index in [0.717, 1.165) is 23.5 Å². The van der Waals surface area contributed by atoms with E-state index >= 15 is 0 Å². The van der Waals surface area contributed by atoms with Crippen molar-refractivity contribution in [3.8, 4) is 5.75 Å². The van der Waals surface area contributed by atoms with Crippen LogP contribution in [0, 0.1) is 17.8 Å². The number of hydrogen-bond donors (Lipinski definition) is 2. The van der Waals surface area contributed by atoms with Crippen LogP contribution in [0.25, 0.3) is 0 Å². The van der Waals surface area contributed by atoms with Gasteiger partial charge in [-0.25, -0.2) is 0 Å². The normalized spacial score (nSPS) is 33.4. The lowest BCUT2D eigenvalue weighted by molar-refractivity contribution is 0.302. The zero-order chi connectivity index (χ0) is 13.5. The van der Waals surface area contributed by atoms with Gasteiger partial charge in [0, 0.05) is 6.04 Å². The van der Waals surface area contributed by atoms with Crippen molar-refractivity contribution >= 4 is 0 Å². The largest absolute Gasteiger partial charge is 0.490 e. The number of benzene rings is 1. The van der Waals surface area contributed by atoms with Crippen molar-refractivity contribution in [1.82, 2.24) is 5.43 Å². The minimum Gasteiger partial charge on any atom is -0.490 e. The lowest BCUT2D eigenvalue weighted by Crippen LogP contribution is -2.30. The minimum absolute atomic E-state index is 0.297. The molecule has 1 aromatic carbocycles. The van der Waals surface area contributed by atoms with E-state index in [-0.39, 0.29) is 0 Å². The highest BCUT2D eigenvalue weighted by atomic mass is 16.5. The van der Waals surface area contributed by atoms with Gasteiger partial charge in [-0.15, -0.1) is 0 Å². The Hall–Kier alpha value is -1.06. The lowest BCUT2D eigenvalue weighted by atomic mass is 10.0. The molecular weight excluding hydrogens is 248 g/mol. The zero-order valence-electron chi connectivity index (χ0n) is 11.9. The first-order valence-corrected chi connectivity index (χ1v) is 8.09. The van der Waals surface area contributed by atoms with Gasteiger partial charge in [0.15, 0.2) is 0 Å². The van der Waals surface area contributed by atoms with Gasteiger partial charge < -0.3 is 4.74 Å². The first-order valence-electron chi connectivity index (χ1n) is 8.09. The second-order valence-corrected chi connectivity index (χ2v) is 6.72. The van der Waals surface area contributed by atoms with Gasteiger partial charge in [-0.05, 0) is 61.1 Å². The highest BCUT2D eigenvalue weighted by Gasteiger charge is 2.54. The van der Waals surface area contributed by atoms with Crippen molar-refractivity contribution in [3.63, 3.8) is 0 Å². The summed E-state index contributed by atoms with van der Waals surface area (Å²) >= 11 is 0. The maximum absolute atomic E-state index is 5.91. The molecule has 3 nitrogen and oxygen atoms in total. The highest BCUT2D eigenvalue weighted by molar-refractivity contribution is 5.32. The van der Waals surface area contributed by atoms with E-state index < -0.39 is 0 Å². The first kappa shape index (κ1) is 12.7. The van der Waals surface area contributed by atoms with Crippen molar-refractivity contribution < 1.29 is 4.74 Å². The Morgan fingerprint density at radius 2 is 1.85 bits per heavy atom. The number of nitrogens with one attached hydrogen (secondary N) is 1. The highest BCUT2D eigenvalue weighted by Crippen LogP contribution is 2.60. The molecule has 3 aliphatic carbocycles. The van der Waals surface area contributed by atoms with Crippen LogP contribution in [0.1, 0.15) is 50.1 Å². The van der Waals surface area contributed by atoms with Crippen molar-refractivity contribution in [2.24, 2.45) is 23.6 Å². The molecule has 3 unspecified atom stereocenters. The van der Waals surface area contributed by atoms with Gasteiger partial charge in [0.1, 0.15) is 5.75 Å². The van der Waals surface area contributed by atoms with Crippen molar-refractivity contribution in [1.29, 1.82) is 0 Å². The average molecular weight is 272 g/mol. The molecule has 3 N–H and O–H groups in total. The van der Waals surface area contributed by atoms with Gasteiger partial charge in [-0.1, -0.05) is 25.0 Å².